The van der Waals surface area contributed by atoms with Gasteiger partial charge in [-0.2, -0.15) is 0 Å². The summed E-state index contributed by atoms with van der Waals surface area (Å²) in [6, 6.07) is 62.9. The minimum Gasteiger partial charge on any atom is -0.455 e. The Morgan fingerprint density at radius 1 is 0.429 bits per heavy atom. The predicted octanol–water partition coefficient (Wildman–Crippen LogP) is 13.9. The van der Waals surface area contributed by atoms with Gasteiger partial charge in [0.1, 0.15) is 11.2 Å². The molecule has 0 atom stereocenters. The quantitative estimate of drug-likeness (QED) is 0.186. The van der Waals surface area contributed by atoms with E-state index in [0.717, 1.165) is 44.4 Å². The maximum Gasteiger partial charge on any atom is 0.143 e. The van der Waals surface area contributed by atoms with Crippen molar-refractivity contribution in [2.45, 2.75) is 0 Å². The molecule has 2 aromatic heterocycles. The van der Waals surface area contributed by atoms with Gasteiger partial charge in [0.2, 0.25) is 0 Å². The van der Waals surface area contributed by atoms with E-state index in [4.69, 9.17) is 4.42 Å². The van der Waals surface area contributed by atoms with Crippen LogP contribution in [0.4, 0.5) is 17.1 Å². The first-order valence-electron chi connectivity index (χ1n) is 16.6. The summed E-state index contributed by atoms with van der Waals surface area (Å²) in [6.07, 6.45) is 0. The molecular weight excluding hydrogens is 615 g/mol. The molecule has 0 unspecified atom stereocenters. The van der Waals surface area contributed by atoms with Crippen molar-refractivity contribution >= 4 is 81.3 Å². The van der Waals surface area contributed by atoms with Crippen molar-refractivity contribution in [1.82, 2.24) is 0 Å². The summed E-state index contributed by atoms with van der Waals surface area (Å²) in [5.41, 5.74) is 10.0. The summed E-state index contributed by atoms with van der Waals surface area (Å²) in [4.78, 5) is 2.34. The molecule has 0 N–H and O–H groups in total. The molecule has 0 saturated carbocycles. The van der Waals surface area contributed by atoms with E-state index in [1.807, 2.05) is 11.3 Å². The van der Waals surface area contributed by atoms with E-state index in [9.17, 15) is 0 Å². The van der Waals surface area contributed by atoms with Crippen LogP contribution in [-0.4, -0.2) is 0 Å². The Kier molecular flexibility index (Phi) is 6.39. The molecule has 10 aromatic rings. The van der Waals surface area contributed by atoms with E-state index in [2.05, 4.69) is 181 Å². The Morgan fingerprint density at radius 2 is 1.04 bits per heavy atom. The van der Waals surface area contributed by atoms with Gasteiger partial charge in [-0.05, 0) is 70.6 Å². The van der Waals surface area contributed by atoms with Crippen molar-refractivity contribution < 1.29 is 4.42 Å². The Hall–Kier alpha value is -6.16. The number of anilines is 3. The van der Waals surface area contributed by atoms with Gasteiger partial charge in [0, 0.05) is 47.9 Å². The first kappa shape index (κ1) is 27.9. The highest BCUT2D eigenvalue weighted by Gasteiger charge is 2.22. The number of hydrogen-bond acceptors (Lipinski definition) is 3. The number of nitrogens with zero attached hydrogens (tertiary/aromatic N) is 1. The molecular formula is C46H29NOS. The Bertz CT molecular complexity index is 2780. The van der Waals surface area contributed by atoms with Crippen molar-refractivity contribution in [3.05, 3.63) is 176 Å². The van der Waals surface area contributed by atoms with Crippen LogP contribution in [0.15, 0.2) is 180 Å². The van der Waals surface area contributed by atoms with Gasteiger partial charge in [-0.3, -0.25) is 0 Å². The maximum atomic E-state index is 6.80. The van der Waals surface area contributed by atoms with Gasteiger partial charge >= 0.3 is 0 Å². The molecule has 0 fully saturated rings. The number of hydrogen-bond donors (Lipinski definition) is 0. The van der Waals surface area contributed by atoms with E-state index < -0.39 is 0 Å². The fraction of sp³-hybridized carbons (Fsp3) is 0. The molecule has 2 heterocycles. The normalized spacial score (nSPS) is 11.7. The van der Waals surface area contributed by atoms with Crippen molar-refractivity contribution in [3.8, 4) is 22.3 Å². The van der Waals surface area contributed by atoms with Crippen LogP contribution in [0.2, 0.25) is 0 Å². The minimum absolute atomic E-state index is 0.874. The second-order valence-corrected chi connectivity index (χ2v) is 13.5. The van der Waals surface area contributed by atoms with Crippen LogP contribution >= 0.6 is 11.3 Å². The van der Waals surface area contributed by atoms with Gasteiger partial charge < -0.3 is 9.32 Å². The molecule has 0 aliphatic heterocycles. The van der Waals surface area contributed by atoms with Gasteiger partial charge in [-0.25, -0.2) is 0 Å². The fourth-order valence-corrected chi connectivity index (χ4v) is 8.79. The van der Waals surface area contributed by atoms with Crippen LogP contribution in [-0.2, 0) is 0 Å². The Balaban J connectivity index is 1.28. The number of furan rings is 1. The first-order chi connectivity index (χ1) is 24.3. The van der Waals surface area contributed by atoms with Crippen molar-refractivity contribution in [3.63, 3.8) is 0 Å². The zero-order valence-corrected chi connectivity index (χ0v) is 27.3. The number of para-hydroxylation sites is 2. The van der Waals surface area contributed by atoms with Gasteiger partial charge in [-0.15, -0.1) is 11.3 Å². The van der Waals surface area contributed by atoms with E-state index in [1.165, 1.54) is 47.8 Å². The molecule has 0 radical (unpaired) electrons. The fourth-order valence-electron chi connectivity index (χ4n) is 7.54. The number of rotatable bonds is 5. The lowest BCUT2D eigenvalue weighted by atomic mass is 9.93. The van der Waals surface area contributed by atoms with E-state index in [-0.39, 0.29) is 0 Å². The summed E-state index contributed by atoms with van der Waals surface area (Å²) in [6.45, 7) is 0. The summed E-state index contributed by atoms with van der Waals surface area (Å²) in [5.74, 6) is 0. The third kappa shape index (κ3) is 4.40. The summed E-state index contributed by atoms with van der Waals surface area (Å²) < 4.78 is 9.39. The summed E-state index contributed by atoms with van der Waals surface area (Å²) >= 11 is 1.88. The SMILES string of the molecule is c1ccc(-c2cccc3sc4c(-c5cc6c(oc7cccc(N(c8ccccc8)c8ccccc8)c76)c6ccccc56)cccc4c23)cc1. The second-order valence-electron chi connectivity index (χ2n) is 12.4. The zero-order valence-electron chi connectivity index (χ0n) is 26.5. The lowest BCUT2D eigenvalue weighted by molar-refractivity contribution is 0.672. The highest BCUT2D eigenvalue weighted by Crippen LogP contribution is 2.49. The third-order valence-corrected chi connectivity index (χ3v) is 10.9. The zero-order chi connectivity index (χ0) is 32.3. The lowest BCUT2D eigenvalue weighted by Gasteiger charge is -2.26. The van der Waals surface area contributed by atoms with Crippen LogP contribution in [0.3, 0.4) is 0 Å². The number of fused-ring (bicyclic) bond motifs is 8. The lowest BCUT2D eigenvalue weighted by Crippen LogP contribution is -2.09. The van der Waals surface area contributed by atoms with Crippen molar-refractivity contribution in [1.29, 1.82) is 0 Å². The predicted molar refractivity (Wildman–Crippen MR) is 210 cm³/mol. The van der Waals surface area contributed by atoms with Gasteiger partial charge in [0.25, 0.3) is 0 Å². The molecule has 2 nitrogen and oxygen atoms in total. The highest BCUT2D eigenvalue weighted by molar-refractivity contribution is 7.26. The third-order valence-electron chi connectivity index (χ3n) is 9.65. The van der Waals surface area contributed by atoms with Gasteiger partial charge in [0.15, 0.2) is 0 Å². The standard InChI is InChI=1S/C46H29NOS/c1-4-15-30(16-5-1)33-23-13-28-42-43(33)37-25-12-24-36(46(37)49-42)38-29-39-44-40(47(31-17-6-2-7-18-31)32-19-8-3-9-20-32)26-14-27-41(44)48-45(39)35-22-11-10-21-34(35)38/h1-29H. The minimum atomic E-state index is 0.874. The Morgan fingerprint density at radius 3 is 1.80 bits per heavy atom. The van der Waals surface area contributed by atoms with E-state index in [0.29, 0.717) is 0 Å². The largest absolute Gasteiger partial charge is 0.455 e. The maximum absolute atomic E-state index is 6.80. The molecule has 0 saturated heterocycles. The van der Waals surface area contributed by atoms with E-state index in [1.54, 1.807) is 0 Å². The molecule has 49 heavy (non-hydrogen) atoms. The molecule has 10 rings (SSSR count). The summed E-state index contributed by atoms with van der Waals surface area (Å²) in [5, 5.41) is 7.13. The summed E-state index contributed by atoms with van der Waals surface area (Å²) in [7, 11) is 0. The molecule has 0 amide bonds. The second kappa shape index (κ2) is 11.2. The van der Waals surface area contributed by atoms with Crippen LogP contribution in [0, 0.1) is 0 Å². The molecule has 0 spiro atoms. The van der Waals surface area contributed by atoms with Crippen molar-refractivity contribution in [2.24, 2.45) is 0 Å². The molecule has 3 heteroatoms. The first-order valence-corrected chi connectivity index (χ1v) is 17.4. The van der Waals surface area contributed by atoms with E-state index >= 15 is 0 Å². The average molecular weight is 644 g/mol. The van der Waals surface area contributed by atoms with Crippen LogP contribution < -0.4 is 4.90 Å². The molecule has 8 aromatic carbocycles. The molecule has 0 bridgehead atoms. The molecule has 230 valence electrons. The number of thiophene rings is 1. The molecule has 0 aliphatic carbocycles. The van der Waals surface area contributed by atoms with Gasteiger partial charge in [0.05, 0.1) is 11.1 Å². The highest BCUT2D eigenvalue weighted by atomic mass is 32.1. The molecule has 0 aliphatic rings. The van der Waals surface area contributed by atoms with Crippen LogP contribution in [0.1, 0.15) is 0 Å². The monoisotopic (exact) mass is 643 g/mol. The van der Waals surface area contributed by atoms with Crippen LogP contribution in [0.25, 0.3) is 75.1 Å². The smallest absolute Gasteiger partial charge is 0.143 e. The topological polar surface area (TPSA) is 16.4 Å². The Labute approximate surface area is 287 Å². The average Bonchev–Trinajstić information content (AvgIpc) is 3.75. The van der Waals surface area contributed by atoms with Gasteiger partial charge in [-0.1, -0.05) is 127 Å². The van der Waals surface area contributed by atoms with Crippen molar-refractivity contribution in [2.75, 3.05) is 4.90 Å². The van der Waals surface area contributed by atoms with Crippen LogP contribution in [0.5, 0.6) is 0 Å². The number of benzene rings is 8.